The smallest absolute Gasteiger partial charge is 0.0946 e. The summed E-state index contributed by atoms with van der Waals surface area (Å²) in [5, 5.41) is 2.40. The summed E-state index contributed by atoms with van der Waals surface area (Å²) in [5.74, 6) is 0. The maximum atomic E-state index is 6.53. The van der Waals surface area contributed by atoms with E-state index in [9.17, 15) is 0 Å². The Morgan fingerprint density at radius 3 is 2.68 bits per heavy atom. The summed E-state index contributed by atoms with van der Waals surface area (Å²) in [4.78, 5) is 4.04. The van der Waals surface area contributed by atoms with Crippen molar-refractivity contribution in [3.8, 4) is 0 Å². The lowest BCUT2D eigenvalue weighted by Gasteiger charge is -2.13. The van der Waals surface area contributed by atoms with E-state index < -0.39 is 0 Å². The molecule has 0 fully saturated rings. The van der Waals surface area contributed by atoms with Crippen LogP contribution in [0.4, 0.5) is 0 Å². The van der Waals surface area contributed by atoms with E-state index in [1.807, 2.05) is 22.9 Å². The lowest BCUT2D eigenvalue weighted by atomic mass is 10.0. The summed E-state index contributed by atoms with van der Waals surface area (Å²) in [5.41, 5.74) is 1.17. The Hall–Kier alpha value is -1.51. The highest BCUT2D eigenvalue weighted by atomic mass is 35.5. The fraction of sp³-hybridized carbons (Fsp3) is 0.133. The van der Waals surface area contributed by atoms with Gasteiger partial charge in [0, 0.05) is 18.9 Å². The molecule has 0 bridgehead atoms. The van der Waals surface area contributed by atoms with Crippen molar-refractivity contribution in [3.05, 3.63) is 66.7 Å². The van der Waals surface area contributed by atoms with Gasteiger partial charge in [0.1, 0.15) is 0 Å². The van der Waals surface area contributed by atoms with Gasteiger partial charge in [0.2, 0.25) is 0 Å². The molecule has 1 unspecified atom stereocenters. The second-order valence-corrected chi connectivity index (χ2v) is 4.82. The van der Waals surface area contributed by atoms with Crippen LogP contribution >= 0.6 is 24.0 Å². The first-order valence-corrected chi connectivity index (χ1v) is 6.36. The van der Waals surface area contributed by atoms with Gasteiger partial charge in [-0.05, 0) is 16.3 Å². The predicted octanol–water partition coefficient (Wildman–Crippen LogP) is 4.44. The van der Waals surface area contributed by atoms with E-state index in [1.165, 1.54) is 16.3 Å². The fourth-order valence-electron chi connectivity index (χ4n) is 2.20. The minimum absolute atomic E-state index is 0. The molecular weight excluding hydrogens is 279 g/mol. The van der Waals surface area contributed by atoms with Crippen molar-refractivity contribution in [1.29, 1.82) is 0 Å². The molecule has 98 valence electrons. The van der Waals surface area contributed by atoms with Crippen LogP contribution in [0.3, 0.4) is 0 Å². The summed E-state index contributed by atoms with van der Waals surface area (Å²) in [6, 6.07) is 14.6. The van der Waals surface area contributed by atoms with Gasteiger partial charge in [0.15, 0.2) is 0 Å². The maximum absolute atomic E-state index is 6.53. The Kier molecular flexibility index (Phi) is 4.46. The van der Waals surface area contributed by atoms with Gasteiger partial charge in [0.25, 0.3) is 0 Å². The molecule has 2 aromatic carbocycles. The highest BCUT2D eigenvalue weighted by molar-refractivity contribution is 6.21. The lowest BCUT2D eigenvalue weighted by Crippen LogP contribution is -2.02. The molecule has 3 aromatic rings. The van der Waals surface area contributed by atoms with Gasteiger partial charge in [0.05, 0.1) is 11.7 Å². The van der Waals surface area contributed by atoms with Crippen molar-refractivity contribution in [2.75, 3.05) is 0 Å². The minimum atomic E-state index is -0.0506. The number of nitrogens with zero attached hydrogens (tertiary/aromatic N) is 2. The number of aromatic nitrogens is 2. The molecule has 2 nitrogen and oxygen atoms in total. The molecule has 0 aliphatic carbocycles. The number of alkyl halides is 1. The van der Waals surface area contributed by atoms with Crippen molar-refractivity contribution in [1.82, 2.24) is 9.55 Å². The number of benzene rings is 2. The Bertz CT molecular complexity index is 645. The van der Waals surface area contributed by atoms with Gasteiger partial charge in [-0.2, -0.15) is 0 Å². The topological polar surface area (TPSA) is 17.8 Å². The van der Waals surface area contributed by atoms with Gasteiger partial charge < -0.3 is 4.57 Å². The van der Waals surface area contributed by atoms with Crippen LogP contribution < -0.4 is 0 Å². The van der Waals surface area contributed by atoms with E-state index in [4.69, 9.17) is 11.6 Å². The SMILES string of the molecule is Cl.ClC(Cn1ccnc1)c1cccc2ccccc12. The molecule has 0 spiro atoms. The molecule has 0 saturated carbocycles. The molecule has 1 heterocycles. The van der Waals surface area contributed by atoms with Crippen molar-refractivity contribution >= 4 is 34.8 Å². The normalized spacial score (nSPS) is 12.1. The van der Waals surface area contributed by atoms with Crippen LogP contribution in [0.25, 0.3) is 10.8 Å². The van der Waals surface area contributed by atoms with Crippen LogP contribution in [0, 0.1) is 0 Å². The van der Waals surface area contributed by atoms with E-state index in [1.54, 1.807) is 12.5 Å². The highest BCUT2D eigenvalue weighted by Gasteiger charge is 2.11. The van der Waals surface area contributed by atoms with Crippen LogP contribution in [0.2, 0.25) is 0 Å². The molecule has 0 N–H and O–H groups in total. The molecule has 1 aromatic heterocycles. The van der Waals surface area contributed by atoms with Crippen molar-refractivity contribution < 1.29 is 0 Å². The molecule has 0 aliphatic rings. The summed E-state index contributed by atoms with van der Waals surface area (Å²) in [6.45, 7) is 0.732. The quantitative estimate of drug-likeness (QED) is 0.653. The van der Waals surface area contributed by atoms with Gasteiger partial charge >= 0.3 is 0 Å². The number of halogens is 2. The fourth-order valence-corrected chi connectivity index (χ4v) is 2.55. The number of fused-ring (bicyclic) bond motifs is 1. The second kappa shape index (κ2) is 6.09. The molecule has 0 saturated heterocycles. The number of imidazole rings is 1. The maximum Gasteiger partial charge on any atom is 0.0946 e. The third-order valence-electron chi connectivity index (χ3n) is 3.09. The third kappa shape index (κ3) is 2.91. The van der Waals surface area contributed by atoms with E-state index in [-0.39, 0.29) is 17.8 Å². The average molecular weight is 293 g/mol. The molecule has 3 rings (SSSR count). The van der Waals surface area contributed by atoms with Gasteiger partial charge in [-0.1, -0.05) is 42.5 Å². The van der Waals surface area contributed by atoms with Crippen LogP contribution in [-0.4, -0.2) is 9.55 Å². The summed E-state index contributed by atoms with van der Waals surface area (Å²) < 4.78 is 2.00. The molecule has 4 heteroatoms. The molecule has 0 aliphatic heterocycles. The average Bonchev–Trinajstić information content (AvgIpc) is 2.91. The van der Waals surface area contributed by atoms with Crippen molar-refractivity contribution in [2.45, 2.75) is 11.9 Å². The highest BCUT2D eigenvalue weighted by Crippen LogP contribution is 2.29. The third-order valence-corrected chi connectivity index (χ3v) is 3.46. The van der Waals surface area contributed by atoms with Crippen molar-refractivity contribution in [2.24, 2.45) is 0 Å². The first-order chi connectivity index (χ1) is 8.84. The molecular formula is C15H14Cl2N2. The zero-order valence-electron chi connectivity index (χ0n) is 10.2. The lowest BCUT2D eigenvalue weighted by molar-refractivity contribution is 0.680. The number of hydrogen-bond donors (Lipinski definition) is 0. The number of hydrogen-bond acceptors (Lipinski definition) is 1. The first-order valence-electron chi connectivity index (χ1n) is 5.92. The van der Waals surface area contributed by atoms with E-state index >= 15 is 0 Å². The van der Waals surface area contributed by atoms with Gasteiger partial charge in [-0.3, -0.25) is 0 Å². The Morgan fingerprint density at radius 2 is 1.89 bits per heavy atom. The van der Waals surface area contributed by atoms with Gasteiger partial charge in [-0.15, -0.1) is 24.0 Å². The van der Waals surface area contributed by atoms with E-state index in [0.717, 1.165) is 6.54 Å². The molecule has 0 radical (unpaired) electrons. The minimum Gasteiger partial charge on any atom is -0.336 e. The summed E-state index contributed by atoms with van der Waals surface area (Å²) in [7, 11) is 0. The first kappa shape index (κ1) is 13.9. The summed E-state index contributed by atoms with van der Waals surface area (Å²) in [6.07, 6.45) is 5.49. The van der Waals surface area contributed by atoms with Gasteiger partial charge in [-0.25, -0.2) is 4.98 Å². The number of rotatable bonds is 3. The Balaban J connectivity index is 0.00000133. The molecule has 1 atom stereocenters. The zero-order chi connectivity index (χ0) is 12.4. The van der Waals surface area contributed by atoms with Crippen LogP contribution in [0.1, 0.15) is 10.9 Å². The Labute approximate surface area is 123 Å². The summed E-state index contributed by atoms with van der Waals surface area (Å²) >= 11 is 6.53. The van der Waals surface area contributed by atoms with Crippen molar-refractivity contribution in [3.63, 3.8) is 0 Å². The van der Waals surface area contributed by atoms with Crippen LogP contribution in [0.15, 0.2) is 61.2 Å². The van der Waals surface area contributed by atoms with E-state index in [2.05, 4.69) is 35.3 Å². The van der Waals surface area contributed by atoms with E-state index in [0.29, 0.717) is 0 Å². The standard InChI is InChI=1S/C15H13ClN2.ClH/c16-15(10-18-9-8-17-11-18)14-7-3-5-12-4-1-2-6-13(12)14;/h1-9,11,15H,10H2;1H. The monoisotopic (exact) mass is 292 g/mol. The second-order valence-electron chi connectivity index (χ2n) is 4.30. The largest absolute Gasteiger partial charge is 0.336 e. The van der Waals surface area contributed by atoms with Crippen LogP contribution in [0.5, 0.6) is 0 Å². The predicted molar refractivity (Wildman–Crippen MR) is 82.0 cm³/mol. The molecule has 19 heavy (non-hydrogen) atoms. The van der Waals surface area contributed by atoms with Crippen LogP contribution in [-0.2, 0) is 6.54 Å². The Morgan fingerprint density at radius 1 is 1.11 bits per heavy atom. The zero-order valence-corrected chi connectivity index (χ0v) is 11.8. The molecule has 0 amide bonds.